The molecule has 0 bridgehead atoms. The molecule has 0 amide bonds. The number of alkyl halides is 2. The molecule has 644 valence electrons. The number of aliphatic hydroxyl groups excluding tert-OH is 6. The summed E-state index contributed by atoms with van der Waals surface area (Å²) in [5, 5.41) is 108. The molecule has 6 aromatic heterocycles. The van der Waals surface area contributed by atoms with E-state index in [1.807, 2.05) is 43.3 Å². The van der Waals surface area contributed by atoms with Gasteiger partial charge in [-0.2, -0.15) is 30.6 Å². The molecular weight excluding hydrogens is 1740 g/mol. The number of halogens is 12. The lowest BCUT2D eigenvalue weighted by Gasteiger charge is -2.49. The van der Waals surface area contributed by atoms with Gasteiger partial charge in [-0.05, 0) is 153 Å². The fourth-order valence-electron chi connectivity index (χ4n) is 17.5. The van der Waals surface area contributed by atoms with Crippen molar-refractivity contribution in [3.05, 3.63) is 202 Å². The van der Waals surface area contributed by atoms with Gasteiger partial charge in [0.2, 0.25) is 0 Å². The predicted octanol–water partition coefficient (Wildman–Crippen LogP) is 23.8. The van der Waals surface area contributed by atoms with Crippen molar-refractivity contribution in [3.8, 4) is 0 Å². The molecule has 4 aliphatic rings. The first-order valence-electron chi connectivity index (χ1n) is 40.2. The van der Waals surface area contributed by atoms with Crippen molar-refractivity contribution in [1.29, 1.82) is 0 Å². The maximum Gasteiger partial charge on any atom is 0.253 e. The second kappa shape index (κ2) is 37.2. The molecule has 6 heterocycles. The van der Waals surface area contributed by atoms with Crippen LogP contribution in [0.3, 0.4) is 0 Å². The Bertz CT molecular complexity index is 5870. The molecule has 120 heavy (non-hydrogen) atoms. The van der Waals surface area contributed by atoms with Gasteiger partial charge in [0.25, 0.3) is 5.92 Å². The summed E-state index contributed by atoms with van der Waals surface area (Å²) in [7, 11) is -3.67. The molecule has 4 aliphatic carbocycles. The fourth-order valence-corrected chi connectivity index (χ4v) is 21.2. The zero-order valence-corrected chi connectivity index (χ0v) is 73.5. The van der Waals surface area contributed by atoms with E-state index in [0.29, 0.717) is 52.3 Å². The molecule has 7 aromatic carbocycles. The maximum absolute atomic E-state index is 14.4. The number of aromatic amines is 6. The second-order valence-corrected chi connectivity index (χ2v) is 38.1. The van der Waals surface area contributed by atoms with E-state index in [9.17, 15) is 65.4 Å². The highest BCUT2D eigenvalue weighted by Crippen LogP contribution is 2.61. The number of rotatable bonds is 20. The van der Waals surface area contributed by atoms with Crippen LogP contribution in [0.15, 0.2) is 125 Å². The summed E-state index contributed by atoms with van der Waals surface area (Å²) in [6, 6.07) is 23.0. The topological polar surface area (TPSA) is 328 Å². The van der Waals surface area contributed by atoms with E-state index in [4.69, 9.17) is 58.0 Å². The van der Waals surface area contributed by atoms with Gasteiger partial charge in [0.15, 0.2) is 33.1 Å². The van der Waals surface area contributed by atoms with Crippen LogP contribution in [0, 0.1) is 50.8 Å². The van der Waals surface area contributed by atoms with E-state index in [-0.39, 0.29) is 67.3 Å². The monoisotopic (exact) mass is 1840 g/mol. The lowest BCUT2D eigenvalue weighted by atomic mass is 9.60. The largest absolute Gasteiger partial charge is 0.388 e. The molecule has 0 aliphatic heterocycles. The van der Waals surface area contributed by atoms with E-state index < -0.39 is 101 Å². The van der Waals surface area contributed by atoms with E-state index in [1.165, 1.54) is 25.5 Å². The third-order valence-electron chi connectivity index (χ3n) is 25.9. The van der Waals surface area contributed by atoms with Gasteiger partial charge in [-0.3, -0.25) is 30.6 Å². The molecule has 0 radical (unpaired) electrons. The van der Waals surface area contributed by atoms with Gasteiger partial charge in [-0.25, -0.2) is 34.8 Å². The van der Waals surface area contributed by atoms with Crippen LogP contribution in [-0.2, 0) is 9.84 Å². The molecule has 0 spiro atoms. The molecule has 20 nitrogen and oxygen atoms in total. The van der Waals surface area contributed by atoms with Crippen LogP contribution in [0.25, 0.3) is 65.4 Å². The number of hydrogen-bond donors (Lipinski definition) is 12. The molecule has 6 atom stereocenters. The predicted molar refractivity (Wildman–Crippen MR) is 462 cm³/mol. The molecule has 12 N–H and O–H groups in total. The Morgan fingerprint density at radius 2 is 0.842 bits per heavy atom. The molecule has 13 aromatic rings. The van der Waals surface area contributed by atoms with Gasteiger partial charge in [-0.15, -0.1) is 0 Å². The van der Waals surface area contributed by atoms with Crippen molar-refractivity contribution < 1.29 is 65.4 Å². The Morgan fingerprint density at radius 3 is 1.26 bits per heavy atom. The molecule has 33 heteroatoms. The fraction of sp³-hybridized carbons (Fsp3) is 0.448. The van der Waals surface area contributed by atoms with Crippen LogP contribution in [0.5, 0.6) is 0 Å². The van der Waals surface area contributed by atoms with Crippen molar-refractivity contribution in [1.82, 2.24) is 61.2 Å². The highest BCUT2D eigenvalue weighted by molar-refractivity contribution is 9.10. The van der Waals surface area contributed by atoms with Gasteiger partial charge in [0.1, 0.15) is 20.9 Å². The first kappa shape index (κ1) is 91.8. The minimum atomic E-state index is -3.67. The van der Waals surface area contributed by atoms with Crippen LogP contribution < -0.4 is 0 Å². The van der Waals surface area contributed by atoms with E-state index >= 15 is 0 Å². The van der Waals surface area contributed by atoms with Crippen LogP contribution in [0.1, 0.15) is 241 Å². The van der Waals surface area contributed by atoms with Crippen molar-refractivity contribution in [2.45, 2.75) is 223 Å². The quantitative estimate of drug-likeness (QED) is 0.0249. The number of aromatic nitrogens is 12. The SMILES string of the molecule is CC(F)(F)C1(C(O)c2c(F)c(Cl)c(F)c3cn[nH]c23)CCC1.CC1(C(O)c2c(F)c(Cl)c(F)c3cn[nH]c23)CCC1.CC1(C(O)c2cc(Br)cc3cn[nH]c23)CCCCC1.CCC(CC)(CC)C(O)c1cc(Cl)cc2cn[nH]c12.CCC(CC)C(O)c1cc(Cl)cc2cn[nH]c12.O=S(=O)(c1ccccc1)C1(C(O)c2cc(Cl)cc3cn[nH]c23)CC1. The average molecular weight is 1840 g/mol. The first-order chi connectivity index (χ1) is 57.0. The number of benzene rings is 7. The number of H-pyrrole nitrogens is 6. The zero-order valence-electron chi connectivity index (χ0n) is 67.4. The van der Waals surface area contributed by atoms with Gasteiger partial charge >= 0.3 is 0 Å². The van der Waals surface area contributed by atoms with E-state index in [0.717, 1.165) is 130 Å². The van der Waals surface area contributed by atoms with Crippen molar-refractivity contribution in [2.24, 2.45) is 27.6 Å². The third-order valence-corrected chi connectivity index (χ3v) is 30.3. The Balaban J connectivity index is 0.000000132. The maximum atomic E-state index is 14.4. The molecule has 4 fully saturated rings. The van der Waals surface area contributed by atoms with Crippen LogP contribution in [0.2, 0.25) is 25.1 Å². The highest BCUT2D eigenvalue weighted by Gasteiger charge is 2.62. The number of fused-ring (bicyclic) bond motifs is 6. The summed E-state index contributed by atoms with van der Waals surface area (Å²) in [5.41, 5.74) is 3.76. The lowest BCUT2D eigenvalue weighted by molar-refractivity contribution is -0.203. The Labute approximate surface area is 723 Å². The van der Waals surface area contributed by atoms with E-state index in [1.54, 1.807) is 67.3 Å². The van der Waals surface area contributed by atoms with Crippen molar-refractivity contribution in [3.63, 3.8) is 0 Å². The summed E-state index contributed by atoms with van der Waals surface area (Å²) < 4.78 is 110. The Morgan fingerprint density at radius 1 is 0.458 bits per heavy atom. The van der Waals surface area contributed by atoms with Crippen molar-refractivity contribution >= 4 is 149 Å². The minimum Gasteiger partial charge on any atom is -0.388 e. The van der Waals surface area contributed by atoms with Crippen LogP contribution in [0.4, 0.5) is 26.3 Å². The van der Waals surface area contributed by atoms with Crippen molar-refractivity contribution in [2.75, 3.05) is 0 Å². The van der Waals surface area contributed by atoms with E-state index in [2.05, 4.69) is 119 Å². The molecular formula is C87H98BrCl5F6N12O8S. The van der Waals surface area contributed by atoms with Gasteiger partial charge < -0.3 is 30.6 Å². The normalized spacial score (nSPS) is 17.5. The highest BCUT2D eigenvalue weighted by atomic mass is 79.9. The smallest absolute Gasteiger partial charge is 0.253 e. The summed E-state index contributed by atoms with van der Waals surface area (Å²) >= 11 is 33.1. The van der Waals surface area contributed by atoms with Gasteiger partial charge in [0.05, 0.1) is 122 Å². The Kier molecular flexibility index (Phi) is 28.4. The number of aliphatic hydroxyl groups is 6. The summed E-state index contributed by atoms with van der Waals surface area (Å²) in [4.78, 5) is 0.226. The summed E-state index contributed by atoms with van der Waals surface area (Å²) in [5.74, 6) is -7.00. The third kappa shape index (κ3) is 17.6. The second-order valence-electron chi connectivity index (χ2n) is 32.8. The first-order valence-corrected chi connectivity index (χ1v) is 44.4. The summed E-state index contributed by atoms with van der Waals surface area (Å²) in [6.07, 6.45) is 18.3. The van der Waals surface area contributed by atoms with Crippen LogP contribution >= 0.6 is 73.9 Å². The summed E-state index contributed by atoms with van der Waals surface area (Å²) in [6.45, 7) is 15.4. The van der Waals surface area contributed by atoms with Gasteiger partial charge in [-0.1, -0.05) is 186 Å². The zero-order chi connectivity index (χ0) is 86.9. The molecule has 6 unspecified atom stereocenters. The Hall–Kier alpha value is -7.42. The standard InChI is InChI=1S/C17H15ClN2O3S.C15H19BrN2O.C15H21ClN2O.C14H13ClF4N2O.C13H13ClF2N2O.C13H17ClN2O/c18-12-8-11-10-19-20-15(11)14(9-12)16(21)17(6-7-17)24(22,23)13-4-2-1-3-5-13;1-15(5-3-2-4-6-15)14(19)12-8-11(16)7-10-9-17-18-13(10)12;1-4-15(5-2,6-3)14(19)12-8-11(16)7-10-9-17-18-13(10)12;1-13(18,19)14(3-2-4-14)12(22)7-10(17)8(15)9(16)6-5-20-21-11(6)7;1-13(3-2-4-13)12(19)7-10(16)8(14)9(15)6-5-17-18-11(6)7;1-3-8(4-2)13(17)11-6-10(14)5-9-7-15-16-12(9)11/h1-5,8-10,16,21H,6-7H2,(H,19,20);7-9,14,19H,2-6H2,1H3,(H,17,18);7-9,14,19H,4-6H2,1-3H3,(H,17,18);5,12,22H,2-4H2,1H3,(H,20,21);5,12,19H,2-4H2,1H3,(H,17,18);5-8,13,17H,3-4H2,1-2H3,(H,15,16). The lowest BCUT2D eigenvalue weighted by Crippen LogP contribution is -2.49. The molecule has 0 saturated heterocycles. The number of hydrogen-bond acceptors (Lipinski definition) is 14. The number of nitrogens with zero attached hydrogens (tertiary/aromatic N) is 6. The molecule has 4 saturated carbocycles. The van der Waals surface area contributed by atoms with Crippen LogP contribution in [-0.4, -0.2) is 111 Å². The van der Waals surface area contributed by atoms with Gasteiger partial charge in [0, 0.05) is 81.4 Å². The molecule has 17 rings (SSSR count). The number of sulfone groups is 1. The number of nitrogens with one attached hydrogen (secondary N) is 6. The average Bonchev–Trinajstić information content (AvgIpc) is 1.51. The minimum absolute atomic E-state index is 0.0149.